The Morgan fingerprint density at radius 2 is 1.28 bits per heavy atom. The van der Waals surface area contributed by atoms with Crippen LogP contribution in [-0.4, -0.2) is 26.2 Å². The average Bonchev–Trinajstić information content (AvgIpc) is 2.43. The maximum atomic E-state index is 11.6. The van der Waals surface area contributed by atoms with Gasteiger partial charge in [-0.25, -0.2) is 9.59 Å². The molecule has 0 unspecified atom stereocenters. The van der Waals surface area contributed by atoms with Gasteiger partial charge >= 0.3 is 11.9 Å². The zero-order valence-electron chi connectivity index (χ0n) is 9.94. The van der Waals surface area contributed by atoms with E-state index in [1.165, 1.54) is 26.4 Å². The monoisotopic (exact) mass is 242 g/mol. The van der Waals surface area contributed by atoms with Crippen LogP contribution < -0.4 is 0 Å². The molecule has 0 aromatic heterocycles. The normalized spacial score (nSPS) is 8.89. The molecule has 4 heteroatoms. The summed E-state index contributed by atoms with van der Waals surface area (Å²) in [5.74, 6) is 3.33. The minimum Gasteiger partial charge on any atom is -0.465 e. The summed E-state index contributed by atoms with van der Waals surface area (Å²) in [6.45, 7) is 0. The number of hydrogen-bond acceptors (Lipinski definition) is 4. The molecular weight excluding hydrogens is 232 g/mol. The van der Waals surface area contributed by atoms with Crippen LogP contribution in [0, 0.1) is 24.7 Å². The summed E-state index contributed by atoms with van der Waals surface area (Å²) in [5, 5.41) is 0. The van der Waals surface area contributed by atoms with Gasteiger partial charge in [-0.3, -0.25) is 0 Å². The first-order chi connectivity index (χ1) is 8.58. The molecule has 0 radical (unpaired) electrons. The number of benzene rings is 1. The third-order valence-electron chi connectivity index (χ3n) is 2.28. The van der Waals surface area contributed by atoms with Crippen molar-refractivity contribution in [3.63, 3.8) is 0 Å². The molecule has 0 aliphatic carbocycles. The lowest BCUT2D eigenvalue weighted by atomic mass is 9.99. The molecule has 0 bridgehead atoms. The Kier molecular flexibility index (Phi) is 4.12. The zero-order chi connectivity index (χ0) is 13.7. The number of carbonyl (C=O) groups is 2. The highest BCUT2D eigenvalue weighted by atomic mass is 16.5. The second-order valence-electron chi connectivity index (χ2n) is 3.22. The van der Waals surface area contributed by atoms with Crippen molar-refractivity contribution in [1.82, 2.24) is 0 Å². The van der Waals surface area contributed by atoms with Crippen molar-refractivity contribution in [2.24, 2.45) is 0 Å². The van der Waals surface area contributed by atoms with E-state index in [0.717, 1.165) is 0 Å². The van der Waals surface area contributed by atoms with Crippen LogP contribution in [0.5, 0.6) is 0 Å². The van der Waals surface area contributed by atoms with E-state index >= 15 is 0 Å². The Bertz CT molecular complexity index is 532. The van der Waals surface area contributed by atoms with Crippen LogP contribution in [0.1, 0.15) is 31.8 Å². The van der Waals surface area contributed by atoms with Crippen molar-refractivity contribution in [2.75, 3.05) is 14.2 Å². The number of methoxy groups -OCH3 is 2. The van der Waals surface area contributed by atoms with E-state index in [4.69, 9.17) is 12.8 Å². The Balaban J connectivity index is 3.58. The van der Waals surface area contributed by atoms with E-state index in [1.807, 2.05) is 0 Å². The highest BCUT2D eigenvalue weighted by Crippen LogP contribution is 2.18. The van der Waals surface area contributed by atoms with E-state index in [1.54, 1.807) is 0 Å². The molecule has 18 heavy (non-hydrogen) atoms. The lowest BCUT2D eigenvalue weighted by Crippen LogP contribution is -2.13. The molecule has 0 aliphatic rings. The minimum atomic E-state index is -0.685. The summed E-state index contributed by atoms with van der Waals surface area (Å²) in [6, 6.07) is 2.68. The van der Waals surface area contributed by atoms with Crippen molar-refractivity contribution in [3.05, 3.63) is 34.4 Å². The van der Waals surface area contributed by atoms with Crippen LogP contribution >= 0.6 is 0 Å². The quantitative estimate of drug-likeness (QED) is 0.578. The van der Waals surface area contributed by atoms with Gasteiger partial charge in [0.25, 0.3) is 0 Å². The van der Waals surface area contributed by atoms with Crippen molar-refractivity contribution in [1.29, 1.82) is 0 Å². The van der Waals surface area contributed by atoms with Gasteiger partial charge in [0, 0.05) is 11.1 Å². The molecule has 0 heterocycles. The van der Waals surface area contributed by atoms with Gasteiger partial charge in [-0.2, -0.15) is 0 Å². The highest BCUT2D eigenvalue weighted by molar-refractivity contribution is 6.03. The fourth-order valence-corrected chi connectivity index (χ4v) is 1.40. The van der Waals surface area contributed by atoms with Crippen LogP contribution in [-0.2, 0) is 9.47 Å². The Morgan fingerprint density at radius 3 is 1.50 bits per heavy atom. The van der Waals surface area contributed by atoms with E-state index in [-0.39, 0.29) is 11.1 Å². The third kappa shape index (κ3) is 2.34. The van der Waals surface area contributed by atoms with Crippen molar-refractivity contribution >= 4 is 11.9 Å². The van der Waals surface area contributed by atoms with E-state index in [2.05, 4.69) is 21.3 Å². The molecular formula is C14H10O4. The number of ether oxygens (including phenoxy) is 2. The van der Waals surface area contributed by atoms with Gasteiger partial charge in [-0.1, -0.05) is 11.8 Å². The predicted molar refractivity (Wildman–Crippen MR) is 65.0 cm³/mol. The van der Waals surface area contributed by atoms with Crippen molar-refractivity contribution in [3.8, 4) is 24.7 Å². The molecule has 0 amide bonds. The smallest absolute Gasteiger partial charge is 0.338 e. The molecule has 1 rings (SSSR count). The maximum Gasteiger partial charge on any atom is 0.338 e. The number of carbonyl (C=O) groups excluding carboxylic acids is 2. The summed E-state index contributed by atoms with van der Waals surface area (Å²) < 4.78 is 9.16. The topological polar surface area (TPSA) is 52.6 Å². The van der Waals surface area contributed by atoms with E-state index in [9.17, 15) is 9.59 Å². The average molecular weight is 242 g/mol. The molecule has 0 N–H and O–H groups in total. The lowest BCUT2D eigenvalue weighted by Gasteiger charge is -2.08. The highest BCUT2D eigenvalue weighted by Gasteiger charge is 2.20. The van der Waals surface area contributed by atoms with E-state index < -0.39 is 11.9 Å². The number of terminal acetylenes is 2. The number of rotatable bonds is 2. The van der Waals surface area contributed by atoms with Gasteiger partial charge in [0.2, 0.25) is 0 Å². The molecule has 0 spiro atoms. The van der Waals surface area contributed by atoms with Gasteiger partial charge in [0.15, 0.2) is 0 Å². The molecule has 0 saturated heterocycles. The van der Waals surface area contributed by atoms with E-state index in [0.29, 0.717) is 11.1 Å². The second kappa shape index (κ2) is 5.56. The molecule has 4 nitrogen and oxygen atoms in total. The summed E-state index contributed by atoms with van der Waals surface area (Å²) in [6.07, 6.45) is 10.6. The number of hydrogen-bond donors (Lipinski definition) is 0. The second-order valence-corrected chi connectivity index (χ2v) is 3.22. The first-order valence-corrected chi connectivity index (χ1v) is 4.87. The van der Waals surface area contributed by atoms with Crippen LogP contribution in [0.15, 0.2) is 12.1 Å². The molecule has 0 atom stereocenters. The summed E-state index contributed by atoms with van der Waals surface area (Å²) >= 11 is 0. The predicted octanol–water partition coefficient (Wildman–Crippen LogP) is 1.22. The van der Waals surface area contributed by atoms with Crippen LogP contribution in [0.3, 0.4) is 0 Å². The molecule has 0 fully saturated rings. The van der Waals surface area contributed by atoms with Crippen molar-refractivity contribution < 1.29 is 19.1 Å². The first kappa shape index (κ1) is 13.3. The van der Waals surface area contributed by atoms with Gasteiger partial charge in [0.1, 0.15) is 0 Å². The standard InChI is InChI=1S/C14H10O4/c1-5-9-7-11(13(15)17-3)12(14(16)18-4)8-10(9)6-2/h1-2,7-8H,3-4H3. The molecule has 1 aromatic rings. The zero-order valence-corrected chi connectivity index (χ0v) is 9.94. The fourth-order valence-electron chi connectivity index (χ4n) is 1.40. The van der Waals surface area contributed by atoms with Gasteiger partial charge < -0.3 is 9.47 Å². The number of esters is 2. The first-order valence-electron chi connectivity index (χ1n) is 4.87. The SMILES string of the molecule is C#Cc1cc(C(=O)OC)c(C(=O)OC)cc1C#C. The molecule has 0 saturated carbocycles. The Hall–Kier alpha value is -2.72. The van der Waals surface area contributed by atoms with Crippen LogP contribution in [0.25, 0.3) is 0 Å². The summed E-state index contributed by atoms with van der Waals surface area (Å²) in [7, 11) is 2.40. The third-order valence-corrected chi connectivity index (χ3v) is 2.28. The van der Waals surface area contributed by atoms with Crippen LogP contribution in [0.2, 0.25) is 0 Å². The molecule has 1 aromatic carbocycles. The minimum absolute atomic E-state index is 0.0244. The molecule has 90 valence electrons. The summed E-state index contributed by atoms with van der Waals surface area (Å²) in [4.78, 5) is 23.1. The lowest BCUT2D eigenvalue weighted by molar-refractivity contribution is 0.0555. The fraction of sp³-hybridized carbons (Fsp3) is 0.143. The summed E-state index contributed by atoms with van der Waals surface area (Å²) in [5.41, 5.74) is 0.726. The maximum absolute atomic E-state index is 11.6. The Morgan fingerprint density at radius 1 is 0.944 bits per heavy atom. The molecule has 0 aliphatic heterocycles. The largest absolute Gasteiger partial charge is 0.465 e. The van der Waals surface area contributed by atoms with Gasteiger partial charge in [0.05, 0.1) is 25.3 Å². The van der Waals surface area contributed by atoms with Gasteiger partial charge in [-0.05, 0) is 12.1 Å². The van der Waals surface area contributed by atoms with Gasteiger partial charge in [-0.15, -0.1) is 12.8 Å². The Labute approximate surface area is 105 Å². The van der Waals surface area contributed by atoms with Crippen LogP contribution in [0.4, 0.5) is 0 Å². The van der Waals surface area contributed by atoms with Crippen molar-refractivity contribution in [2.45, 2.75) is 0 Å².